The van der Waals surface area contributed by atoms with Crippen LogP contribution in [0, 0.1) is 11.7 Å². The van der Waals surface area contributed by atoms with E-state index in [1.807, 2.05) is 13.8 Å². The highest BCUT2D eigenvalue weighted by molar-refractivity contribution is 6.31. The predicted molar refractivity (Wildman–Crippen MR) is 75.7 cm³/mol. The average Bonchev–Trinajstić information content (AvgIpc) is 2.50. The molecule has 2 atom stereocenters. The Balaban J connectivity index is 2.34. The molecule has 4 heteroatoms. The van der Waals surface area contributed by atoms with Gasteiger partial charge in [0.1, 0.15) is 5.82 Å². The number of benzene rings is 1. The van der Waals surface area contributed by atoms with E-state index in [2.05, 4.69) is 13.8 Å². The zero-order valence-corrected chi connectivity index (χ0v) is 12.6. The van der Waals surface area contributed by atoms with Gasteiger partial charge in [-0.25, -0.2) is 4.39 Å². The fourth-order valence-corrected chi connectivity index (χ4v) is 3.41. The first-order valence-corrected chi connectivity index (χ1v) is 6.91. The first kappa shape index (κ1) is 14.8. The van der Waals surface area contributed by atoms with Crippen molar-refractivity contribution in [2.45, 2.75) is 51.4 Å². The molecule has 2 nitrogen and oxygen atoms in total. The van der Waals surface area contributed by atoms with Gasteiger partial charge < -0.3 is 10.5 Å². The first-order valence-electron chi connectivity index (χ1n) is 6.54. The summed E-state index contributed by atoms with van der Waals surface area (Å²) in [5.74, 6) is -0.326. The van der Waals surface area contributed by atoms with Gasteiger partial charge in [0.25, 0.3) is 0 Å². The Morgan fingerprint density at radius 3 is 2.53 bits per heavy atom. The highest BCUT2D eigenvalue weighted by atomic mass is 35.5. The molecule has 0 radical (unpaired) electrons. The monoisotopic (exact) mass is 285 g/mol. The van der Waals surface area contributed by atoms with E-state index in [9.17, 15) is 4.39 Å². The molecule has 1 aromatic carbocycles. The van der Waals surface area contributed by atoms with Crippen molar-refractivity contribution in [3.8, 4) is 0 Å². The van der Waals surface area contributed by atoms with Gasteiger partial charge in [-0.05, 0) is 45.7 Å². The van der Waals surface area contributed by atoms with Gasteiger partial charge in [-0.15, -0.1) is 0 Å². The number of ether oxygens (including phenoxy) is 1. The minimum absolute atomic E-state index is 0.0989. The van der Waals surface area contributed by atoms with Crippen molar-refractivity contribution in [3.63, 3.8) is 0 Å². The van der Waals surface area contributed by atoms with Gasteiger partial charge in [-0.2, -0.15) is 0 Å². The summed E-state index contributed by atoms with van der Waals surface area (Å²) in [7, 11) is 0. The quantitative estimate of drug-likeness (QED) is 0.889. The molecule has 106 valence electrons. The highest BCUT2D eigenvalue weighted by Gasteiger charge is 2.48. The van der Waals surface area contributed by atoms with Crippen molar-refractivity contribution in [2.75, 3.05) is 0 Å². The molecule has 2 rings (SSSR count). The van der Waals surface area contributed by atoms with Gasteiger partial charge in [0, 0.05) is 12.0 Å². The summed E-state index contributed by atoms with van der Waals surface area (Å²) in [5, 5.41) is 0.121. The van der Waals surface area contributed by atoms with Crippen LogP contribution in [0.1, 0.15) is 45.7 Å². The Kier molecular flexibility index (Phi) is 3.67. The number of nitrogens with two attached hydrogens (primary N) is 1. The van der Waals surface area contributed by atoms with Gasteiger partial charge >= 0.3 is 0 Å². The molecule has 1 aliphatic rings. The summed E-state index contributed by atoms with van der Waals surface area (Å²) in [5.41, 5.74) is 6.42. The Morgan fingerprint density at radius 2 is 2.00 bits per heavy atom. The molecule has 1 aromatic rings. The number of halogens is 2. The standard InChI is InChI=1S/C15H21ClFNO/c1-14(2)8-10(15(3,4)19-14)13(18)9-6-5-7-11(17)12(9)16/h5-7,10,13H,8,18H2,1-4H3. The number of rotatable bonds is 2. The molecule has 1 saturated heterocycles. The lowest BCUT2D eigenvalue weighted by Gasteiger charge is -2.31. The topological polar surface area (TPSA) is 35.2 Å². The maximum Gasteiger partial charge on any atom is 0.142 e. The van der Waals surface area contributed by atoms with Crippen molar-refractivity contribution < 1.29 is 9.13 Å². The highest BCUT2D eigenvalue weighted by Crippen LogP contribution is 2.47. The average molecular weight is 286 g/mol. The smallest absolute Gasteiger partial charge is 0.142 e. The third-order valence-corrected chi connectivity index (χ3v) is 4.32. The van der Waals surface area contributed by atoms with Crippen LogP contribution in [0.4, 0.5) is 4.39 Å². The van der Waals surface area contributed by atoms with Crippen LogP contribution >= 0.6 is 11.6 Å². The zero-order chi connectivity index (χ0) is 14.4. The lowest BCUT2D eigenvalue weighted by atomic mass is 9.79. The van der Waals surface area contributed by atoms with Crippen LogP contribution in [-0.2, 0) is 4.74 Å². The van der Waals surface area contributed by atoms with Crippen LogP contribution in [0.25, 0.3) is 0 Å². The molecular formula is C15H21ClFNO. The molecule has 1 fully saturated rings. The van der Waals surface area contributed by atoms with Crippen LogP contribution < -0.4 is 5.73 Å². The molecule has 1 aliphatic heterocycles. The van der Waals surface area contributed by atoms with Crippen LogP contribution in [-0.4, -0.2) is 11.2 Å². The van der Waals surface area contributed by atoms with E-state index in [1.54, 1.807) is 12.1 Å². The Bertz CT molecular complexity index is 487. The summed E-state index contributed by atoms with van der Waals surface area (Å²) in [4.78, 5) is 0. The second kappa shape index (κ2) is 4.72. The number of hydrogen-bond donors (Lipinski definition) is 1. The molecule has 0 bridgehead atoms. The third-order valence-electron chi connectivity index (χ3n) is 3.92. The van der Waals surface area contributed by atoms with Gasteiger partial charge in [-0.3, -0.25) is 0 Å². The second-order valence-electron chi connectivity index (χ2n) is 6.44. The van der Waals surface area contributed by atoms with E-state index < -0.39 is 5.82 Å². The molecule has 0 spiro atoms. The Hall–Kier alpha value is -0.640. The van der Waals surface area contributed by atoms with Gasteiger partial charge in [0.2, 0.25) is 0 Å². The lowest BCUT2D eigenvalue weighted by molar-refractivity contribution is -0.0767. The van der Waals surface area contributed by atoms with Crippen LogP contribution in [0.15, 0.2) is 18.2 Å². The van der Waals surface area contributed by atoms with E-state index in [-0.39, 0.29) is 28.2 Å². The van der Waals surface area contributed by atoms with Crippen molar-refractivity contribution >= 4 is 11.6 Å². The molecule has 0 aromatic heterocycles. The van der Waals surface area contributed by atoms with E-state index in [0.29, 0.717) is 5.56 Å². The Morgan fingerprint density at radius 1 is 1.37 bits per heavy atom. The molecule has 0 amide bonds. The summed E-state index contributed by atoms with van der Waals surface area (Å²) in [6.45, 7) is 8.16. The minimum atomic E-state index is -0.425. The number of hydrogen-bond acceptors (Lipinski definition) is 2. The largest absolute Gasteiger partial charge is 0.369 e. The maximum atomic E-state index is 13.6. The predicted octanol–water partition coefficient (Wildman–Crippen LogP) is 4.07. The lowest BCUT2D eigenvalue weighted by Crippen LogP contribution is -2.36. The summed E-state index contributed by atoms with van der Waals surface area (Å²) in [6, 6.07) is 4.45. The fraction of sp³-hybridized carbons (Fsp3) is 0.600. The van der Waals surface area contributed by atoms with Gasteiger partial charge in [0.05, 0.1) is 16.2 Å². The molecule has 2 unspecified atom stereocenters. The van der Waals surface area contributed by atoms with Crippen molar-refractivity contribution in [2.24, 2.45) is 11.7 Å². The third kappa shape index (κ3) is 2.78. The summed E-state index contributed by atoms with van der Waals surface area (Å²) >= 11 is 6.03. The van der Waals surface area contributed by atoms with Crippen molar-refractivity contribution in [1.82, 2.24) is 0 Å². The molecule has 0 saturated carbocycles. The maximum absolute atomic E-state index is 13.6. The molecule has 19 heavy (non-hydrogen) atoms. The SMILES string of the molecule is CC1(C)CC(C(N)c2cccc(F)c2Cl)C(C)(C)O1. The first-order chi connectivity index (χ1) is 8.64. The van der Waals surface area contributed by atoms with Gasteiger partial charge in [0.15, 0.2) is 0 Å². The summed E-state index contributed by atoms with van der Waals surface area (Å²) < 4.78 is 19.6. The second-order valence-corrected chi connectivity index (χ2v) is 6.82. The van der Waals surface area contributed by atoms with Crippen molar-refractivity contribution in [1.29, 1.82) is 0 Å². The molecule has 1 heterocycles. The van der Waals surface area contributed by atoms with E-state index in [1.165, 1.54) is 6.07 Å². The van der Waals surface area contributed by atoms with E-state index in [0.717, 1.165) is 6.42 Å². The van der Waals surface area contributed by atoms with E-state index >= 15 is 0 Å². The van der Waals surface area contributed by atoms with Gasteiger partial charge in [-0.1, -0.05) is 23.7 Å². The molecule has 2 N–H and O–H groups in total. The Labute approximate surface area is 119 Å². The molecular weight excluding hydrogens is 265 g/mol. The minimum Gasteiger partial charge on any atom is -0.369 e. The normalized spacial score (nSPS) is 26.4. The van der Waals surface area contributed by atoms with E-state index in [4.69, 9.17) is 22.1 Å². The van der Waals surface area contributed by atoms with Crippen LogP contribution in [0.2, 0.25) is 5.02 Å². The van der Waals surface area contributed by atoms with Crippen LogP contribution in [0.5, 0.6) is 0 Å². The summed E-state index contributed by atoms with van der Waals surface area (Å²) in [6.07, 6.45) is 0.827. The van der Waals surface area contributed by atoms with Crippen molar-refractivity contribution in [3.05, 3.63) is 34.6 Å². The zero-order valence-electron chi connectivity index (χ0n) is 11.8. The van der Waals surface area contributed by atoms with Crippen LogP contribution in [0.3, 0.4) is 0 Å². The molecule has 0 aliphatic carbocycles. The fourth-order valence-electron chi connectivity index (χ4n) is 3.16.